The maximum Gasteiger partial charge on any atom is 0.253 e. The quantitative estimate of drug-likeness (QED) is 0.355. The number of carbonyl (C=O) groups excluding carboxylic acids is 3. The minimum atomic E-state index is -0.512. The van der Waals surface area contributed by atoms with Crippen molar-refractivity contribution in [1.82, 2.24) is 14.9 Å². The summed E-state index contributed by atoms with van der Waals surface area (Å²) in [6, 6.07) is 13.0. The first-order valence-electron chi connectivity index (χ1n) is 10.3. The molecule has 10 heteroatoms. The summed E-state index contributed by atoms with van der Waals surface area (Å²) in [5, 5.41) is 9.77. The van der Waals surface area contributed by atoms with Gasteiger partial charge in [0.1, 0.15) is 0 Å². The van der Waals surface area contributed by atoms with Crippen LogP contribution in [0.2, 0.25) is 10.0 Å². The Morgan fingerprint density at radius 1 is 0.971 bits per heavy atom. The smallest absolute Gasteiger partial charge is 0.253 e. The normalized spacial score (nSPS) is 10.6. The number of rotatable bonds is 9. The first-order chi connectivity index (χ1) is 16.3. The molecule has 0 aliphatic heterocycles. The molecule has 0 saturated carbocycles. The lowest BCUT2D eigenvalue weighted by Crippen LogP contribution is -2.32. The van der Waals surface area contributed by atoms with Crippen LogP contribution < -0.4 is 4.90 Å². The maximum atomic E-state index is 13.2. The van der Waals surface area contributed by atoms with Crippen LogP contribution in [0.1, 0.15) is 33.0 Å². The molecule has 1 aromatic heterocycles. The van der Waals surface area contributed by atoms with Crippen molar-refractivity contribution >= 4 is 46.5 Å². The Morgan fingerprint density at radius 3 is 2.26 bits per heavy atom. The van der Waals surface area contributed by atoms with Crippen LogP contribution in [0.15, 0.2) is 60.9 Å². The monoisotopic (exact) mass is 500 g/mol. The van der Waals surface area contributed by atoms with E-state index in [1.807, 2.05) is 0 Å². The molecule has 0 aliphatic rings. The minimum Gasteiger partial charge on any atom is -0.395 e. The number of halogens is 2. The molecule has 0 fully saturated rings. The van der Waals surface area contributed by atoms with E-state index in [9.17, 15) is 14.4 Å². The van der Waals surface area contributed by atoms with Gasteiger partial charge in [-0.3, -0.25) is 14.4 Å². The number of ketones is 1. The largest absolute Gasteiger partial charge is 0.395 e. The van der Waals surface area contributed by atoms with Crippen molar-refractivity contribution in [1.29, 1.82) is 0 Å². The number of aliphatic hydroxyl groups excluding tert-OH is 1. The molecule has 0 spiro atoms. The molecule has 3 aromatic rings. The summed E-state index contributed by atoms with van der Waals surface area (Å²) in [6.45, 7) is 0.175. The van der Waals surface area contributed by atoms with Gasteiger partial charge >= 0.3 is 0 Å². The third-order valence-electron chi connectivity index (χ3n) is 4.96. The number of likely N-dealkylation sites (N-methyl/N-ethyl adjacent to an activating group) is 1. The maximum absolute atomic E-state index is 13.2. The van der Waals surface area contributed by atoms with Crippen LogP contribution in [-0.2, 0) is 11.3 Å². The van der Waals surface area contributed by atoms with Crippen LogP contribution in [0.25, 0.3) is 0 Å². The van der Waals surface area contributed by atoms with Crippen molar-refractivity contribution in [3.8, 4) is 0 Å². The van der Waals surface area contributed by atoms with Crippen molar-refractivity contribution in [3.05, 3.63) is 87.9 Å². The van der Waals surface area contributed by atoms with E-state index >= 15 is 0 Å². The predicted octanol–water partition coefficient (Wildman–Crippen LogP) is 3.65. The first kappa shape index (κ1) is 25.3. The Kier molecular flexibility index (Phi) is 8.70. The van der Waals surface area contributed by atoms with Crippen LogP contribution in [0.3, 0.4) is 0 Å². The Labute approximate surface area is 206 Å². The van der Waals surface area contributed by atoms with Gasteiger partial charge in [0.05, 0.1) is 29.6 Å². The van der Waals surface area contributed by atoms with Gasteiger partial charge in [0.25, 0.3) is 5.91 Å². The average Bonchev–Trinajstić information content (AvgIpc) is 2.85. The van der Waals surface area contributed by atoms with Crippen LogP contribution in [-0.4, -0.2) is 57.8 Å². The van der Waals surface area contributed by atoms with Gasteiger partial charge in [-0.15, -0.1) is 0 Å². The Bertz CT molecular complexity index is 1170. The summed E-state index contributed by atoms with van der Waals surface area (Å²) >= 11 is 12.1. The Morgan fingerprint density at radius 2 is 1.65 bits per heavy atom. The number of aliphatic hydroxyl groups is 1. The molecule has 1 heterocycles. The summed E-state index contributed by atoms with van der Waals surface area (Å²) in [7, 11) is 1.59. The molecule has 0 aliphatic carbocycles. The summed E-state index contributed by atoms with van der Waals surface area (Å²) in [5.74, 6) is -1.29. The number of carbonyl (C=O) groups is 3. The van der Waals surface area contributed by atoms with Gasteiger partial charge in [-0.1, -0.05) is 29.3 Å². The van der Waals surface area contributed by atoms with Gasteiger partial charge in [-0.2, -0.15) is 0 Å². The molecule has 8 nitrogen and oxygen atoms in total. The fourth-order valence-corrected chi connectivity index (χ4v) is 3.48. The van der Waals surface area contributed by atoms with Crippen LogP contribution in [0.4, 0.5) is 5.69 Å². The first-order valence-corrected chi connectivity index (χ1v) is 11.1. The highest BCUT2D eigenvalue weighted by Crippen LogP contribution is 2.26. The number of amides is 2. The van der Waals surface area contributed by atoms with Crippen molar-refractivity contribution in [2.45, 2.75) is 13.0 Å². The summed E-state index contributed by atoms with van der Waals surface area (Å²) < 4.78 is 0. The lowest BCUT2D eigenvalue weighted by Gasteiger charge is -2.24. The molecule has 0 atom stereocenters. The van der Waals surface area contributed by atoms with Crippen molar-refractivity contribution in [2.75, 3.05) is 25.1 Å². The molecule has 176 valence electrons. The van der Waals surface area contributed by atoms with Gasteiger partial charge in [-0.25, -0.2) is 9.97 Å². The van der Waals surface area contributed by atoms with E-state index < -0.39 is 18.1 Å². The average molecular weight is 501 g/mol. The fraction of sp³-hybridized carbons (Fsp3) is 0.208. The highest BCUT2D eigenvalue weighted by atomic mass is 35.5. The third kappa shape index (κ3) is 6.38. The van der Waals surface area contributed by atoms with E-state index in [1.165, 1.54) is 22.2 Å². The van der Waals surface area contributed by atoms with E-state index in [0.29, 0.717) is 26.9 Å². The van der Waals surface area contributed by atoms with Crippen LogP contribution in [0.5, 0.6) is 0 Å². The Hall–Kier alpha value is -3.33. The van der Waals surface area contributed by atoms with Gasteiger partial charge < -0.3 is 14.9 Å². The number of hydrogen-bond donors (Lipinski definition) is 1. The second kappa shape index (κ2) is 11.7. The topological polar surface area (TPSA) is 104 Å². The van der Waals surface area contributed by atoms with E-state index in [0.717, 1.165) is 0 Å². The van der Waals surface area contributed by atoms with E-state index in [-0.39, 0.29) is 31.4 Å². The highest BCUT2D eigenvalue weighted by Gasteiger charge is 2.22. The third-order valence-corrected chi connectivity index (χ3v) is 5.70. The number of anilines is 1. The fourth-order valence-electron chi connectivity index (χ4n) is 3.15. The SMILES string of the molecule is CN(CCO)C(=O)c1ccc(N(Cc2ccc(Cl)c(Cl)c2)C(=O)CC(=O)c2ncccn2)cc1. The second-order valence-corrected chi connectivity index (χ2v) is 8.21. The molecule has 2 aromatic carbocycles. The van der Waals surface area contributed by atoms with Crippen LogP contribution in [0, 0.1) is 0 Å². The van der Waals surface area contributed by atoms with Crippen molar-refractivity contribution < 1.29 is 19.5 Å². The van der Waals surface area contributed by atoms with E-state index in [2.05, 4.69) is 9.97 Å². The van der Waals surface area contributed by atoms with Gasteiger partial charge in [-0.05, 0) is 48.0 Å². The lowest BCUT2D eigenvalue weighted by molar-refractivity contribution is -0.117. The molecule has 2 amide bonds. The highest BCUT2D eigenvalue weighted by molar-refractivity contribution is 6.42. The van der Waals surface area contributed by atoms with Gasteiger partial charge in [0.2, 0.25) is 11.7 Å². The molecular weight excluding hydrogens is 479 g/mol. The zero-order valence-corrected chi connectivity index (χ0v) is 19.8. The summed E-state index contributed by atoms with van der Waals surface area (Å²) in [6.07, 6.45) is 2.43. The lowest BCUT2D eigenvalue weighted by atomic mass is 10.1. The standard InChI is InChI=1S/C24H22Cl2N4O4/c1-29(11-12-31)24(34)17-4-6-18(7-5-17)30(15-16-3-8-19(25)20(26)13-16)22(33)14-21(32)23-27-9-2-10-28-23/h2-10,13,31H,11-12,14-15H2,1H3. The van der Waals surface area contributed by atoms with Crippen molar-refractivity contribution in [3.63, 3.8) is 0 Å². The van der Waals surface area contributed by atoms with E-state index in [1.54, 1.807) is 55.6 Å². The van der Waals surface area contributed by atoms with Gasteiger partial charge in [0, 0.05) is 37.2 Å². The van der Waals surface area contributed by atoms with Gasteiger partial charge in [0.15, 0.2) is 5.82 Å². The van der Waals surface area contributed by atoms with Crippen LogP contribution >= 0.6 is 23.2 Å². The molecule has 0 saturated heterocycles. The molecular formula is C24H22Cl2N4O4. The minimum absolute atomic E-state index is 0.0433. The van der Waals surface area contributed by atoms with E-state index in [4.69, 9.17) is 28.3 Å². The zero-order chi connectivity index (χ0) is 24.7. The number of nitrogens with zero attached hydrogens (tertiary/aromatic N) is 4. The molecule has 0 unspecified atom stereocenters. The Balaban J connectivity index is 1.87. The molecule has 1 N–H and O–H groups in total. The number of benzene rings is 2. The second-order valence-electron chi connectivity index (χ2n) is 7.40. The number of aromatic nitrogens is 2. The summed E-state index contributed by atoms with van der Waals surface area (Å²) in [4.78, 5) is 48.8. The molecule has 3 rings (SSSR count). The predicted molar refractivity (Wildman–Crippen MR) is 129 cm³/mol. The molecule has 0 radical (unpaired) electrons. The molecule has 34 heavy (non-hydrogen) atoms. The number of hydrogen-bond acceptors (Lipinski definition) is 6. The zero-order valence-electron chi connectivity index (χ0n) is 18.3. The van der Waals surface area contributed by atoms with Crippen molar-refractivity contribution in [2.24, 2.45) is 0 Å². The number of Topliss-reactive ketones (excluding diaryl/α,β-unsaturated/α-hetero) is 1. The molecule has 0 bridgehead atoms. The summed E-state index contributed by atoms with van der Waals surface area (Å²) in [5.41, 5.74) is 1.59.